The molecule has 0 atom stereocenters. The summed E-state index contributed by atoms with van der Waals surface area (Å²) in [6.45, 7) is 0.327. The number of rotatable bonds is 5. The van der Waals surface area contributed by atoms with Crippen LogP contribution in [0.4, 0.5) is 13.2 Å². The van der Waals surface area contributed by atoms with Crippen LogP contribution in [0.25, 0.3) is 0 Å². The van der Waals surface area contributed by atoms with Gasteiger partial charge >= 0.3 is 6.18 Å². The Hall–Kier alpha value is -1.11. The van der Waals surface area contributed by atoms with Gasteiger partial charge in [-0.1, -0.05) is 0 Å². The molecule has 1 aromatic rings. The maximum Gasteiger partial charge on any atom is 0.390 e. The van der Waals surface area contributed by atoms with Crippen LogP contribution in [0.1, 0.15) is 25.1 Å². The van der Waals surface area contributed by atoms with Gasteiger partial charge in [-0.25, -0.2) is 9.67 Å². The monoisotopic (exact) mass is 234 g/mol. The van der Waals surface area contributed by atoms with Crippen LogP contribution in [0.15, 0.2) is 6.33 Å². The van der Waals surface area contributed by atoms with Gasteiger partial charge in [-0.05, 0) is 12.8 Å². The van der Waals surface area contributed by atoms with Crippen molar-refractivity contribution < 1.29 is 13.2 Å². The fourth-order valence-corrected chi connectivity index (χ4v) is 1.37. The fourth-order valence-electron chi connectivity index (χ4n) is 1.37. The highest BCUT2D eigenvalue weighted by Crippen LogP contribution is 2.21. The Morgan fingerprint density at radius 1 is 1.44 bits per heavy atom. The Morgan fingerprint density at radius 2 is 2.19 bits per heavy atom. The Kier molecular flexibility index (Phi) is 3.13. The van der Waals surface area contributed by atoms with E-state index in [1.807, 2.05) is 0 Å². The first-order valence-electron chi connectivity index (χ1n) is 5.21. The van der Waals surface area contributed by atoms with E-state index in [1.165, 1.54) is 11.0 Å². The molecule has 7 heteroatoms. The van der Waals surface area contributed by atoms with Crippen LogP contribution in [0, 0.1) is 0 Å². The van der Waals surface area contributed by atoms with Crippen LogP contribution in [0.2, 0.25) is 0 Å². The van der Waals surface area contributed by atoms with Crippen LogP contribution in [-0.4, -0.2) is 27.0 Å². The summed E-state index contributed by atoms with van der Waals surface area (Å²) in [4.78, 5) is 3.94. The first kappa shape index (κ1) is 11.4. The zero-order chi connectivity index (χ0) is 11.6. The zero-order valence-corrected chi connectivity index (χ0v) is 8.67. The van der Waals surface area contributed by atoms with Gasteiger partial charge in [0.2, 0.25) is 0 Å². The molecular weight excluding hydrogens is 221 g/mol. The van der Waals surface area contributed by atoms with E-state index in [2.05, 4.69) is 15.4 Å². The van der Waals surface area contributed by atoms with E-state index < -0.39 is 12.6 Å². The molecule has 16 heavy (non-hydrogen) atoms. The molecular formula is C9H13F3N4. The minimum absolute atomic E-state index is 0.162. The van der Waals surface area contributed by atoms with Crippen LogP contribution in [0.3, 0.4) is 0 Å². The number of nitrogens with zero attached hydrogens (tertiary/aromatic N) is 3. The SMILES string of the molecule is FC(F)(F)CCn1ncnc1CNC1CC1. The molecule has 0 radical (unpaired) electrons. The number of hydrogen-bond donors (Lipinski definition) is 1. The van der Waals surface area contributed by atoms with E-state index in [4.69, 9.17) is 0 Å². The molecule has 0 spiro atoms. The molecule has 0 aliphatic heterocycles. The molecule has 90 valence electrons. The summed E-state index contributed by atoms with van der Waals surface area (Å²) < 4.78 is 37.4. The summed E-state index contributed by atoms with van der Waals surface area (Å²) in [5, 5.41) is 6.98. The number of aromatic nitrogens is 3. The third-order valence-corrected chi connectivity index (χ3v) is 2.43. The molecule has 4 nitrogen and oxygen atoms in total. The van der Waals surface area contributed by atoms with Crippen molar-refractivity contribution in [3.63, 3.8) is 0 Å². The lowest BCUT2D eigenvalue weighted by Crippen LogP contribution is -2.21. The molecule has 0 aromatic carbocycles. The Bertz CT molecular complexity index is 343. The maximum absolute atomic E-state index is 12.0. The quantitative estimate of drug-likeness (QED) is 0.839. The molecule has 1 heterocycles. The second kappa shape index (κ2) is 4.40. The van der Waals surface area contributed by atoms with E-state index in [0.717, 1.165) is 12.8 Å². The first-order chi connectivity index (χ1) is 7.54. The van der Waals surface area contributed by atoms with Gasteiger partial charge in [-0.3, -0.25) is 0 Å². The maximum atomic E-state index is 12.0. The lowest BCUT2D eigenvalue weighted by molar-refractivity contribution is -0.137. The smallest absolute Gasteiger partial charge is 0.307 e. The minimum atomic E-state index is -4.15. The highest BCUT2D eigenvalue weighted by atomic mass is 19.4. The summed E-state index contributed by atoms with van der Waals surface area (Å²) in [5.74, 6) is 0.566. The topological polar surface area (TPSA) is 42.7 Å². The highest BCUT2D eigenvalue weighted by Gasteiger charge is 2.27. The van der Waals surface area contributed by atoms with Gasteiger partial charge in [0.25, 0.3) is 0 Å². The molecule has 1 aromatic heterocycles. The number of nitrogens with one attached hydrogen (secondary N) is 1. The van der Waals surface area contributed by atoms with Crippen molar-refractivity contribution in [3.05, 3.63) is 12.2 Å². The molecule has 1 N–H and O–H groups in total. The van der Waals surface area contributed by atoms with E-state index in [-0.39, 0.29) is 6.54 Å². The van der Waals surface area contributed by atoms with Gasteiger partial charge < -0.3 is 5.32 Å². The summed E-state index contributed by atoms with van der Waals surface area (Å²) in [7, 11) is 0. The van der Waals surface area contributed by atoms with Gasteiger partial charge in [-0.15, -0.1) is 0 Å². The highest BCUT2D eigenvalue weighted by molar-refractivity contribution is 4.88. The van der Waals surface area contributed by atoms with Crippen LogP contribution in [-0.2, 0) is 13.1 Å². The number of halogens is 3. The lowest BCUT2D eigenvalue weighted by atomic mass is 10.4. The number of alkyl halides is 3. The van der Waals surface area contributed by atoms with Crippen molar-refractivity contribution in [2.24, 2.45) is 0 Å². The van der Waals surface area contributed by atoms with Gasteiger partial charge in [0.05, 0.1) is 19.5 Å². The van der Waals surface area contributed by atoms with Crippen molar-refractivity contribution in [3.8, 4) is 0 Å². The molecule has 2 rings (SSSR count). The first-order valence-corrected chi connectivity index (χ1v) is 5.21. The number of aryl methyl sites for hydroxylation is 1. The summed E-state index contributed by atoms with van der Waals surface area (Å²) >= 11 is 0. The second-order valence-electron chi connectivity index (χ2n) is 3.92. The third-order valence-electron chi connectivity index (χ3n) is 2.43. The molecule has 1 saturated carbocycles. The van der Waals surface area contributed by atoms with E-state index in [1.54, 1.807) is 0 Å². The molecule has 0 bridgehead atoms. The van der Waals surface area contributed by atoms with E-state index in [0.29, 0.717) is 18.4 Å². The summed E-state index contributed by atoms with van der Waals surface area (Å²) in [6.07, 6.45) is -1.45. The average Bonchev–Trinajstić information content (AvgIpc) is 2.90. The van der Waals surface area contributed by atoms with Crippen molar-refractivity contribution in [2.45, 2.75) is 44.6 Å². The van der Waals surface area contributed by atoms with Crippen LogP contribution in [0.5, 0.6) is 0 Å². The summed E-state index contributed by atoms with van der Waals surface area (Å²) in [6, 6.07) is 0.507. The fraction of sp³-hybridized carbons (Fsp3) is 0.778. The molecule has 0 unspecified atom stereocenters. The van der Waals surface area contributed by atoms with Gasteiger partial charge in [0.15, 0.2) is 0 Å². The van der Waals surface area contributed by atoms with Crippen LogP contribution >= 0.6 is 0 Å². The molecule has 0 amide bonds. The Labute approximate surface area is 90.9 Å². The predicted octanol–water partition coefficient (Wildman–Crippen LogP) is 1.48. The average molecular weight is 234 g/mol. The van der Waals surface area contributed by atoms with Crippen molar-refractivity contribution in [1.29, 1.82) is 0 Å². The lowest BCUT2D eigenvalue weighted by Gasteiger charge is -2.08. The molecule has 1 fully saturated rings. The molecule has 1 aliphatic carbocycles. The third kappa shape index (κ3) is 3.48. The molecule has 1 aliphatic rings. The summed E-state index contributed by atoms with van der Waals surface area (Å²) in [5.41, 5.74) is 0. The van der Waals surface area contributed by atoms with Crippen LogP contribution < -0.4 is 5.32 Å². The normalized spacial score (nSPS) is 16.7. The Morgan fingerprint density at radius 3 is 2.81 bits per heavy atom. The van der Waals surface area contributed by atoms with E-state index >= 15 is 0 Å². The Balaban J connectivity index is 1.85. The van der Waals surface area contributed by atoms with Gasteiger partial charge in [0, 0.05) is 6.04 Å². The number of hydrogen-bond acceptors (Lipinski definition) is 3. The standard InChI is InChI=1S/C9H13F3N4/c10-9(11,12)3-4-16-8(14-6-15-16)5-13-7-1-2-7/h6-7,13H,1-5H2. The van der Waals surface area contributed by atoms with Crippen molar-refractivity contribution >= 4 is 0 Å². The minimum Gasteiger partial charge on any atom is -0.307 e. The van der Waals surface area contributed by atoms with Gasteiger partial charge in [0.1, 0.15) is 12.2 Å². The molecule has 0 saturated heterocycles. The second-order valence-corrected chi connectivity index (χ2v) is 3.92. The van der Waals surface area contributed by atoms with E-state index in [9.17, 15) is 13.2 Å². The van der Waals surface area contributed by atoms with Crippen molar-refractivity contribution in [1.82, 2.24) is 20.1 Å². The zero-order valence-electron chi connectivity index (χ0n) is 8.67. The van der Waals surface area contributed by atoms with Crippen molar-refractivity contribution in [2.75, 3.05) is 0 Å². The van der Waals surface area contributed by atoms with Gasteiger partial charge in [-0.2, -0.15) is 18.3 Å². The largest absolute Gasteiger partial charge is 0.390 e. The predicted molar refractivity (Wildman–Crippen MR) is 50.6 cm³/mol.